The van der Waals surface area contributed by atoms with E-state index in [0.717, 1.165) is 5.56 Å². The van der Waals surface area contributed by atoms with Gasteiger partial charge in [0.2, 0.25) is 0 Å². The number of rotatable bonds is 4. The zero-order chi connectivity index (χ0) is 13.8. The number of hydrogen-bond acceptors (Lipinski definition) is 3. The Labute approximate surface area is 117 Å². The van der Waals surface area contributed by atoms with Gasteiger partial charge in [-0.15, -0.1) is 0 Å². The predicted molar refractivity (Wildman–Crippen MR) is 75.1 cm³/mol. The van der Waals surface area contributed by atoms with Gasteiger partial charge < -0.3 is 14.6 Å². The highest BCUT2D eigenvalue weighted by Gasteiger charge is 2.15. The quantitative estimate of drug-likeness (QED) is 0.931. The van der Waals surface area contributed by atoms with E-state index in [1.165, 1.54) is 0 Å². The number of halogens is 1. The van der Waals surface area contributed by atoms with Crippen LogP contribution in [0, 0.1) is 0 Å². The molecule has 0 spiro atoms. The lowest BCUT2D eigenvalue weighted by Gasteiger charge is -2.14. The fraction of sp³-hybridized carbons (Fsp3) is 0.200. The summed E-state index contributed by atoms with van der Waals surface area (Å²) in [5, 5.41) is 10.8. The topological polar surface area (TPSA) is 38.7 Å². The van der Waals surface area contributed by atoms with Crippen molar-refractivity contribution in [2.75, 3.05) is 14.2 Å². The highest BCUT2D eigenvalue weighted by atomic mass is 35.5. The average molecular weight is 279 g/mol. The highest BCUT2D eigenvalue weighted by Crippen LogP contribution is 2.32. The summed E-state index contributed by atoms with van der Waals surface area (Å²) >= 11 is 6.16. The Morgan fingerprint density at radius 1 is 1.00 bits per heavy atom. The maximum atomic E-state index is 10.4. The SMILES string of the molecule is COc1cccc(C(O)c2ccc(OC)cc2Cl)c1. The van der Waals surface area contributed by atoms with Crippen molar-refractivity contribution in [2.45, 2.75) is 6.10 Å². The van der Waals surface area contributed by atoms with Crippen LogP contribution >= 0.6 is 11.6 Å². The molecule has 100 valence electrons. The molecule has 19 heavy (non-hydrogen) atoms. The van der Waals surface area contributed by atoms with E-state index in [4.69, 9.17) is 21.1 Å². The zero-order valence-corrected chi connectivity index (χ0v) is 11.5. The summed E-state index contributed by atoms with van der Waals surface area (Å²) in [4.78, 5) is 0. The van der Waals surface area contributed by atoms with Crippen molar-refractivity contribution in [3.8, 4) is 11.5 Å². The fourth-order valence-corrected chi connectivity index (χ4v) is 2.12. The van der Waals surface area contributed by atoms with Crippen LogP contribution in [0.25, 0.3) is 0 Å². The minimum Gasteiger partial charge on any atom is -0.497 e. The van der Waals surface area contributed by atoms with Gasteiger partial charge in [0, 0.05) is 5.56 Å². The van der Waals surface area contributed by atoms with Crippen molar-refractivity contribution in [3.63, 3.8) is 0 Å². The van der Waals surface area contributed by atoms with Gasteiger partial charge in [-0.1, -0.05) is 29.8 Å². The molecule has 4 heteroatoms. The Morgan fingerprint density at radius 3 is 2.32 bits per heavy atom. The van der Waals surface area contributed by atoms with Gasteiger partial charge in [0.25, 0.3) is 0 Å². The van der Waals surface area contributed by atoms with E-state index >= 15 is 0 Å². The molecule has 0 aromatic heterocycles. The van der Waals surface area contributed by atoms with E-state index in [2.05, 4.69) is 0 Å². The smallest absolute Gasteiger partial charge is 0.120 e. The lowest BCUT2D eigenvalue weighted by atomic mass is 10.0. The molecule has 2 rings (SSSR count). The van der Waals surface area contributed by atoms with Gasteiger partial charge in [0.05, 0.1) is 19.2 Å². The molecule has 0 saturated heterocycles. The molecule has 2 aromatic rings. The third kappa shape index (κ3) is 3.00. The second-order valence-electron chi connectivity index (χ2n) is 4.07. The first-order valence-electron chi connectivity index (χ1n) is 5.81. The molecule has 1 unspecified atom stereocenters. The summed E-state index contributed by atoms with van der Waals surface area (Å²) in [6.07, 6.45) is -0.798. The molecule has 0 amide bonds. The highest BCUT2D eigenvalue weighted by molar-refractivity contribution is 6.31. The van der Waals surface area contributed by atoms with E-state index in [9.17, 15) is 5.11 Å². The fourth-order valence-electron chi connectivity index (χ4n) is 1.85. The molecule has 3 nitrogen and oxygen atoms in total. The summed E-state index contributed by atoms with van der Waals surface area (Å²) in [6, 6.07) is 12.5. The van der Waals surface area contributed by atoms with Crippen LogP contribution in [0.2, 0.25) is 5.02 Å². The first-order valence-corrected chi connectivity index (χ1v) is 6.19. The van der Waals surface area contributed by atoms with Crippen molar-refractivity contribution in [2.24, 2.45) is 0 Å². The minimum atomic E-state index is -0.798. The molecule has 0 fully saturated rings. The van der Waals surface area contributed by atoms with Crippen LogP contribution in [0.1, 0.15) is 17.2 Å². The second kappa shape index (κ2) is 5.95. The van der Waals surface area contributed by atoms with Crippen molar-refractivity contribution in [1.82, 2.24) is 0 Å². The molecule has 0 bridgehead atoms. The van der Waals surface area contributed by atoms with Crippen molar-refractivity contribution < 1.29 is 14.6 Å². The molecule has 0 radical (unpaired) electrons. The predicted octanol–water partition coefficient (Wildman–Crippen LogP) is 3.44. The van der Waals surface area contributed by atoms with Gasteiger partial charge in [-0.3, -0.25) is 0 Å². The van der Waals surface area contributed by atoms with E-state index in [0.29, 0.717) is 22.1 Å². The largest absolute Gasteiger partial charge is 0.497 e. The Kier molecular flexibility index (Phi) is 4.30. The summed E-state index contributed by atoms with van der Waals surface area (Å²) < 4.78 is 10.2. The molecular weight excluding hydrogens is 264 g/mol. The first-order chi connectivity index (χ1) is 9.15. The van der Waals surface area contributed by atoms with E-state index < -0.39 is 6.10 Å². The van der Waals surface area contributed by atoms with Crippen molar-refractivity contribution in [3.05, 3.63) is 58.6 Å². The van der Waals surface area contributed by atoms with Gasteiger partial charge in [-0.2, -0.15) is 0 Å². The van der Waals surface area contributed by atoms with Crippen LogP contribution in [-0.2, 0) is 0 Å². The van der Waals surface area contributed by atoms with Crippen molar-refractivity contribution >= 4 is 11.6 Å². The monoisotopic (exact) mass is 278 g/mol. The molecule has 0 aliphatic heterocycles. The lowest BCUT2D eigenvalue weighted by molar-refractivity contribution is 0.220. The lowest BCUT2D eigenvalue weighted by Crippen LogP contribution is -2.01. The Hall–Kier alpha value is -1.71. The van der Waals surface area contributed by atoms with Gasteiger partial charge in [0.15, 0.2) is 0 Å². The normalized spacial score (nSPS) is 12.0. The number of benzene rings is 2. The summed E-state index contributed by atoms with van der Waals surface area (Å²) in [7, 11) is 3.16. The molecule has 0 saturated carbocycles. The summed E-state index contributed by atoms with van der Waals surface area (Å²) in [5.74, 6) is 1.35. The number of aliphatic hydroxyl groups excluding tert-OH is 1. The maximum absolute atomic E-state index is 10.4. The van der Waals surface area contributed by atoms with E-state index in [1.54, 1.807) is 38.5 Å². The second-order valence-corrected chi connectivity index (χ2v) is 4.47. The van der Waals surface area contributed by atoms with E-state index in [1.807, 2.05) is 18.2 Å². The number of methoxy groups -OCH3 is 2. The van der Waals surface area contributed by atoms with Crippen LogP contribution in [0.15, 0.2) is 42.5 Å². The average Bonchev–Trinajstić information content (AvgIpc) is 2.46. The van der Waals surface area contributed by atoms with Crippen LogP contribution in [0.3, 0.4) is 0 Å². The van der Waals surface area contributed by atoms with Crippen molar-refractivity contribution in [1.29, 1.82) is 0 Å². The van der Waals surface area contributed by atoms with E-state index in [-0.39, 0.29) is 0 Å². The molecular formula is C15H15ClO3. The minimum absolute atomic E-state index is 0.467. The standard InChI is InChI=1S/C15H15ClO3/c1-18-11-5-3-4-10(8-11)15(17)13-7-6-12(19-2)9-14(13)16/h3-9,15,17H,1-2H3. The molecule has 1 N–H and O–H groups in total. The molecule has 0 aliphatic rings. The zero-order valence-electron chi connectivity index (χ0n) is 10.8. The van der Waals surface area contributed by atoms with Gasteiger partial charge in [0.1, 0.15) is 17.6 Å². The number of aliphatic hydroxyl groups is 1. The Morgan fingerprint density at radius 2 is 1.68 bits per heavy atom. The van der Waals surface area contributed by atoms with Crippen LogP contribution in [-0.4, -0.2) is 19.3 Å². The Balaban J connectivity index is 2.35. The number of hydrogen-bond donors (Lipinski definition) is 1. The third-order valence-corrected chi connectivity index (χ3v) is 3.24. The van der Waals surface area contributed by atoms with Gasteiger partial charge in [-0.05, 0) is 29.8 Å². The van der Waals surface area contributed by atoms with Gasteiger partial charge >= 0.3 is 0 Å². The molecule has 0 heterocycles. The third-order valence-electron chi connectivity index (χ3n) is 2.91. The number of ether oxygens (including phenoxy) is 2. The van der Waals surface area contributed by atoms with Crippen LogP contribution in [0.5, 0.6) is 11.5 Å². The van der Waals surface area contributed by atoms with Crippen LogP contribution < -0.4 is 9.47 Å². The Bertz CT molecular complexity index is 569. The van der Waals surface area contributed by atoms with Gasteiger partial charge in [-0.25, -0.2) is 0 Å². The summed E-state index contributed by atoms with van der Waals surface area (Å²) in [5.41, 5.74) is 1.36. The maximum Gasteiger partial charge on any atom is 0.120 e. The molecule has 0 aliphatic carbocycles. The first kappa shape index (κ1) is 13.7. The summed E-state index contributed by atoms with van der Waals surface area (Å²) in [6.45, 7) is 0. The molecule has 1 atom stereocenters. The molecule has 2 aromatic carbocycles. The van der Waals surface area contributed by atoms with Crippen LogP contribution in [0.4, 0.5) is 0 Å².